The van der Waals surface area contributed by atoms with Crippen molar-refractivity contribution in [3.63, 3.8) is 0 Å². The maximum atomic E-state index is 13.1. The van der Waals surface area contributed by atoms with Crippen LogP contribution in [0.3, 0.4) is 0 Å². The number of nitrogens with zero attached hydrogens (tertiary/aromatic N) is 5. The van der Waals surface area contributed by atoms with Crippen LogP contribution in [-0.2, 0) is 17.9 Å². The predicted molar refractivity (Wildman–Crippen MR) is 113 cm³/mol. The number of hydrogen-bond acceptors (Lipinski definition) is 5. The fourth-order valence-electron chi connectivity index (χ4n) is 5.50. The van der Waals surface area contributed by atoms with Gasteiger partial charge in [-0.3, -0.25) is 9.36 Å². The quantitative estimate of drug-likeness (QED) is 0.611. The number of para-hydroxylation sites is 2. The number of amides is 1. The number of carbonyl (C=O) groups excluding carboxylic acids is 1. The van der Waals surface area contributed by atoms with Gasteiger partial charge in [0.05, 0.1) is 5.52 Å². The number of carbonyl (C=O) groups is 1. The van der Waals surface area contributed by atoms with E-state index in [-0.39, 0.29) is 17.2 Å². The molecule has 1 spiro atoms. The van der Waals surface area contributed by atoms with Crippen LogP contribution in [0.2, 0.25) is 0 Å². The zero-order valence-electron chi connectivity index (χ0n) is 17.6. The lowest BCUT2D eigenvalue weighted by atomic mass is 9.62. The molecule has 8 heteroatoms. The minimum Gasteiger partial charge on any atom is -0.408 e. The van der Waals surface area contributed by atoms with Crippen LogP contribution in [0.4, 0.5) is 0 Å². The first-order valence-electron chi connectivity index (χ1n) is 11.4. The Hall–Kier alpha value is -2.90. The summed E-state index contributed by atoms with van der Waals surface area (Å²) in [7, 11) is 0. The van der Waals surface area contributed by atoms with Gasteiger partial charge in [0.15, 0.2) is 5.58 Å². The Bertz CT molecular complexity index is 1180. The van der Waals surface area contributed by atoms with Crippen molar-refractivity contribution >= 4 is 17.0 Å². The summed E-state index contributed by atoms with van der Waals surface area (Å²) in [5, 5.41) is 8.71. The van der Waals surface area contributed by atoms with Crippen LogP contribution in [0.25, 0.3) is 11.1 Å². The number of hydrogen-bond donors (Lipinski definition) is 0. The molecule has 0 radical (unpaired) electrons. The van der Waals surface area contributed by atoms with Crippen LogP contribution in [0.5, 0.6) is 0 Å². The SMILES string of the molecule is O=C(CCn1c(=O)oc2ccccc21)N1CC(c2nncn2CC2CC2)C2(CCC2)C1. The average Bonchev–Trinajstić information content (AvgIpc) is 3.15. The summed E-state index contributed by atoms with van der Waals surface area (Å²) >= 11 is 0. The summed E-state index contributed by atoms with van der Waals surface area (Å²) in [6, 6.07) is 7.34. The topological polar surface area (TPSA) is 86.2 Å². The molecular weight excluding hydrogens is 394 g/mol. The highest BCUT2D eigenvalue weighted by molar-refractivity contribution is 5.77. The van der Waals surface area contributed by atoms with Crippen LogP contribution < -0.4 is 5.76 Å². The number of rotatable bonds is 6. The van der Waals surface area contributed by atoms with Crippen molar-refractivity contribution in [1.82, 2.24) is 24.2 Å². The molecule has 3 fully saturated rings. The lowest BCUT2D eigenvalue weighted by Crippen LogP contribution is -2.38. The standard InChI is InChI=1S/C23H27N5O3/c29-20(8-11-28-18-4-1-2-5-19(18)31-22(28)30)26-13-17(23(14-26)9-3-10-23)21-25-24-15-27(21)12-16-6-7-16/h1-2,4-5,15-17H,3,6-14H2. The Morgan fingerprint density at radius 1 is 1.23 bits per heavy atom. The third-order valence-corrected chi connectivity index (χ3v) is 7.58. The molecule has 1 aromatic carbocycles. The molecule has 3 aliphatic rings. The number of oxazole rings is 1. The molecule has 1 saturated heterocycles. The molecule has 8 nitrogen and oxygen atoms in total. The Kier molecular flexibility index (Phi) is 4.30. The number of benzene rings is 1. The van der Waals surface area contributed by atoms with Gasteiger partial charge < -0.3 is 13.9 Å². The van der Waals surface area contributed by atoms with E-state index in [9.17, 15) is 9.59 Å². The van der Waals surface area contributed by atoms with Crippen LogP contribution in [0, 0.1) is 11.3 Å². The molecule has 6 rings (SSSR count). The molecule has 0 bridgehead atoms. The van der Waals surface area contributed by atoms with E-state index >= 15 is 0 Å². The van der Waals surface area contributed by atoms with Crippen molar-refractivity contribution in [2.75, 3.05) is 13.1 Å². The van der Waals surface area contributed by atoms with Gasteiger partial charge in [0.25, 0.3) is 0 Å². The van der Waals surface area contributed by atoms with Gasteiger partial charge in [-0.25, -0.2) is 4.79 Å². The molecule has 2 aliphatic carbocycles. The van der Waals surface area contributed by atoms with Gasteiger partial charge in [0.2, 0.25) is 5.91 Å². The molecule has 1 atom stereocenters. The number of aromatic nitrogens is 4. The third kappa shape index (κ3) is 3.20. The van der Waals surface area contributed by atoms with Gasteiger partial charge in [-0.2, -0.15) is 0 Å². The second-order valence-corrected chi connectivity index (χ2v) is 9.56. The Morgan fingerprint density at radius 3 is 2.84 bits per heavy atom. The van der Waals surface area contributed by atoms with Gasteiger partial charge in [0, 0.05) is 38.5 Å². The van der Waals surface area contributed by atoms with Gasteiger partial charge in [0.1, 0.15) is 12.2 Å². The van der Waals surface area contributed by atoms with Crippen molar-refractivity contribution in [1.29, 1.82) is 0 Å². The summed E-state index contributed by atoms with van der Waals surface area (Å²) < 4.78 is 9.09. The van der Waals surface area contributed by atoms with E-state index in [2.05, 4.69) is 14.8 Å². The minimum atomic E-state index is -0.406. The van der Waals surface area contributed by atoms with E-state index in [0.29, 0.717) is 25.1 Å². The van der Waals surface area contributed by atoms with Crippen LogP contribution >= 0.6 is 0 Å². The molecule has 1 amide bonds. The summed E-state index contributed by atoms with van der Waals surface area (Å²) in [5.74, 6) is 1.76. The highest BCUT2D eigenvalue weighted by Gasteiger charge is 2.53. The fourth-order valence-corrected chi connectivity index (χ4v) is 5.50. The Labute approximate surface area is 179 Å². The fraction of sp³-hybridized carbons (Fsp3) is 0.565. The lowest BCUT2D eigenvalue weighted by Gasteiger charge is -2.42. The maximum Gasteiger partial charge on any atom is 0.419 e. The van der Waals surface area contributed by atoms with E-state index in [1.54, 1.807) is 10.6 Å². The van der Waals surface area contributed by atoms with Crippen molar-refractivity contribution < 1.29 is 9.21 Å². The van der Waals surface area contributed by atoms with Gasteiger partial charge >= 0.3 is 5.76 Å². The Balaban J connectivity index is 1.19. The van der Waals surface area contributed by atoms with Crippen molar-refractivity contribution in [2.24, 2.45) is 11.3 Å². The zero-order chi connectivity index (χ0) is 21.0. The molecule has 0 N–H and O–H groups in total. The highest BCUT2D eigenvalue weighted by Crippen LogP contribution is 2.55. The lowest BCUT2D eigenvalue weighted by molar-refractivity contribution is -0.131. The molecule has 162 valence electrons. The van der Waals surface area contributed by atoms with E-state index < -0.39 is 5.76 Å². The normalized spacial score (nSPS) is 22.3. The van der Waals surface area contributed by atoms with E-state index in [4.69, 9.17) is 4.42 Å². The van der Waals surface area contributed by atoms with Gasteiger partial charge in [-0.05, 0) is 49.1 Å². The van der Waals surface area contributed by atoms with Crippen LogP contribution in [-0.4, -0.2) is 43.2 Å². The van der Waals surface area contributed by atoms with Crippen LogP contribution in [0.15, 0.2) is 39.8 Å². The highest BCUT2D eigenvalue weighted by atomic mass is 16.4. The third-order valence-electron chi connectivity index (χ3n) is 7.58. The number of fused-ring (bicyclic) bond motifs is 1. The van der Waals surface area contributed by atoms with Crippen LogP contribution in [0.1, 0.15) is 50.3 Å². The van der Waals surface area contributed by atoms with Crippen molar-refractivity contribution in [2.45, 2.75) is 57.5 Å². The molecule has 2 saturated carbocycles. The summed E-state index contributed by atoms with van der Waals surface area (Å²) in [6.45, 7) is 2.82. The minimum absolute atomic E-state index is 0.0965. The number of aryl methyl sites for hydroxylation is 1. The van der Waals surface area contributed by atoms with E-state index in [0.717, 1.165) is 43.2 Å². The second kappa shape index (κ2) is 7.07. The molecule has 3 aromatic rings. The second-order valence-electron chi connectivity index (χ2n) is 9.56. The first-order valence-corrected chi connectivity index (χ1v) is 11.4. The molecule has 1 aliphatic heterocycles. The van der Waals surface area contributed by atoms with E-state index in [1.165, 1.54) is 19.3 Å². The smallest absolute Gasteiger partial charge is 0.408 e. The summed E-state index contributed by atoms with van der Waals surface area (Å²) in [6.07, 6.45) is 8.24. The maximum absolute atomic E-state index is 13.1. The van der Waals surface area contributed by atoms with Gasteiger partial charge in [-0.15, -0.1) is 10.2 Å². The predicted octanol–water partition coefficient (Wildman–Crippen LogP) is 2.78. The van der Waals surface area contributed by atoms with Gasteiger partial charge in [-0.1, -0.05) is 18.6 Å². The first kappa shape index (κ1) is 18.8. The monoisotopic (exact) mass is 421 g/mol. The van der Waals surface area contributed by atoms with Crippen molar-refractivity contribution in [3.05, 3.63) is 47.0 Å². The largest absolute Gasteiger partial charge is 0.419 e. The average molecular weight is 422 g/mol. The summed E-state index contributed by atoms with van der Waals surface area (Å²) in [5.41, 5.74) is 1.44. The zero-order valence-corrected chi connectivity index (χ0v) is 17.6. The molecule has 1 unspecified atom stereocenters. The Morgan fingerprint density at radius 2 is 2.06 bits per heavy atom. The molecular formula is C23H27N5O3. The van der Waals surface area contributed by atoms with Crippen molar-refractivity contribution in [3.8, 4) is 0 Å². The molecule has 2 aromatic heterocycles. The molecule has 3 heterocycles. The molecule has 31 heavy (non-hydrogen) atoms. The number of likely N-dealkylation sites (tertiary alicyclic amines) is 1. The summed E-state index contributed by atoms with van der Waals surface area (Å²) in [4.78, 5) is 27.4. The first-order chi connectivity index (χ1) is 15.1. The van der Waals surface area contributed by atoms with E-state index in [1.807, 2.05) is 29.4 Å².